The van der Waals surface area contributed by atoms with Crippen LogP contribution < -0.4 is 4.74 Å². The van der Waals surface area contributed by atoms with Gasteiger partial charge in [-0.15, -0.1) is 0 Å². The van der Waals surface area contributed by atoms with Crippen LogP contribution in [0.3, 0.4) is 0 Å². The summed E-state index contributed by atoms with van der Waals surface area (Å²) in [6, 6.07) is 11.6. The highest BCUT2D eigenvalue weighted by atomic mass is 16.5. The molecule has 0 radical (unpaired) electrons. The van der Waals surface area contributed by atoms with Crippen molar-refractivity contribution in [3.63, 3.8) is 0 Å². The molecule has 0 bridgehead atoms. The maximum absolute atomic E-state index is 11.5. The van der Waals surface area contributed by atoms with Crippen LogP contribution in [0.5, 0.6) is 5.75 Å². The van der Waals surface area contributed by atoms with E-state index in [4.69, 9.17) is 4.74 Å². The average molecular weight is 294 g/mol. The number of aromatic nitrogens is 2. The van der Waals surface area contributed by atoms with E-state index in [1.54, 1.807) is 0 Å². The number of aryl methyl sites for hydroxylation is 1. The molecular weight excluding hydrogens is 276 g/mol. The number of ether oxygens (including phenoxy) is 1. The first-order valence-corrected chi connectivity index (χ1v) is 7.40. The molecule has 22 heavy (non-hydrogen) atoms. The largest absolute Gasteiger partial charge is 0.494 e. The van der Waals surface area contributed by atoms with E-state index in [0.717, 1.165) is 35.2 Å². The summed E-state index contributed by atoms with van der Waals surface area (Å²) in [6.07, 6.45) is 3.76. The standard InChI is InChI=1S/C18H18N2O2/c1-3-10-22-15-7-5-14(6-8-15)18-16(12-21)20-11-13(2)4-9-17(20)19-18/h4-9,11-12H,3,10H2,1-2H3. The molecule has 3 aromatic rings. The third kappa shape index (κ3) is 2.60. The number of pyridine rings is 1. The summed E-state index contributed by atoms with van der Waals surface area (Å²) in [4.78, 5) is 16.1. The van der Waals surface area contributed by atoms with Crippen LogP contribution in [0.2, 0.25) is 0 Å². The Labute approximate surface area is 129 Å². The molecule has 0 aliphatic heterocycles. The van der Waals surface area contributed by atoms with Crippen LogP contribution >= 0.6 is 0 Å². The van der Waals surface area contributed by atoms with Crippen LogP contribution in [0.1, 0.15) is 29.4 Å². The summed E-state index contributed by atoms with van der Waals surface area (Å²) in [5.41, 5.74) is 4.03. The summed E-state index contributed by atoms with van der Waals surface area (Å²) in [5.74, 6) is 0.831. The van der Waals surface area contributed by atoms with Crippen LogP contribution in [-0.4, -0.2) is 22.3 Å². The molecule has 4 nitrogen and oxygen atoms in total. The minimum Gasteiger partial charge on any atom is -0.494 e. The quantitative estimate of drug-likeness (QED) is 0.670. The Balaban J connectivity index is 2.04. The van der Waals surface area contributed by atoms with E-state index in [2.05, 4.69) is 11.9 Å². The zero-order chi connectivity index (χ0) is 15.5. The van der Waals surface area contributed by atoms with E-state index in [1.807, 2.05) is 53.9 Å². The highest BCUT2D eigenvalue weighted by Crippen LogP contribution is 2.25. The molecule has 4 heteroatoms. The second kappa shape index (κ2) is 6.02. The number of rotatable bonds is 5. The van der Waals surface area contributed by atoms with Gasteiger partial charge in [0.25, 0.3) is 0 Å². The molecular formula is C18H18N2O2. The molecule has 0 atom stereocenters. The molecule has 2 heterocycles. The summed E-state index contributed by atoms with van der Waals surface area (Å²) in [5, 5.41) is 0. The Morgan fingerprint density at radius 3 is 2.64 bits per heavy atom. The molecule has 0 N–H and O–H groups in total. The van der Waals surface area contributed by atoms with Gasteiger partial charge in [-0.05, 0) is 49.2 Å². The Morgan fingerprint density at radius 1 is 1.18 bits per heavy atom. The van der Waals surface area contributed by atoms with E-state index in [1.165, 1.54) is 0 Å². The van der Waals surface area contributed by atoms with Gasteiger partial charge in [-0.2, -0.15) is 0 Å². The average Bonchev–Trinajstić information content (AvgIpc) is 2.91. The third-order valence-corrected chi connectivity index (χ3v) is 3.52. The predicted octanol–water partition coefficient (Wildman–Crippen LogP) is 3.91. The lowest BCUT2D eigenvalue weighted by molar-refractivity contribution is 0.111. The molecule has 0 saturated carbocycles. The van der Waals surface area contributed by atoms with Crippen molar-refractivity contribution in [2.24, 2.45) is 0 Å². The van der Waals surface area contributed by atoms with Gasteiger partial charge in [-0.1, -0.05) is 13.0 Å². The van der Waals surface area contributed by atoms with E-state index in [-0.39, 0.29) is 0 Å². The fourth-order valence-electron chi connectivity index (χ4n) is 2.42. The lowest BCUT2D eigenvalue weighted by Crippen LogP contribution is -1.95. The van der Waals surface area contributed by atoms with Gasteiger partial charge in [0.2, 0.25) is 0 Å². The van der Waals surface area contributed by atoms with Crippen molar-refractivity contribution in [3.8, 4) is 17.0 Å². The highest BCUT2D eigenvalue weighted by molar-refractivity contribution is 5.86. The molecule has 0 fully saturated rings. The van der Waals surface area contributed by atoms with Gasteiger partial charge in [0.15, 0.2) is 6.29 Å². The van der Waals surface area contributed by atoms with Crippen LogP contribution in [0.4, 0.5) is 0 Å². The lowest BCUT2D eigenvalue weighted by Gasteiger charge is -2.05. The molecule has 0 spiro atoms. The second-order valence-electron chi connectivity index (χ2n) is 5.27. The van der Waals surface area contributed by atoms with Crippen LogP contribution in [0.15, 0.2) is 42.6 Å². The lowest BCUT2D eigenvalue weighted by atomic mass is 10.1. The maximum Gasteiger partial charge on any atom is 0.169 e. The minimum atomic E-state index is 0.570. The number of fused-ring (bicyclic) bond motifs is 1. The molecule has 0 saturated heterocycles. The van der Waals surface area contributed by atoms with Crippen molar-refractivity contribution in [2.45, 2.75) is 20.3 Å². The van der Waals surface area contributed by atoms with Gasteiger partial charge in [-0.3, -0.25) is 9.20 Å². The van der Waals surface area contributed by atoms with Gasteiger partial charge in [0.05, 0.1) is 6.61 Å². The van der Waals surface area contributed by atoms with E-state index < -0.39 is 0 Å². The predicted molar refractivity (Wildman–Crippen MR) is 86.5 cm³/mol. The van der Waals surface area contributed by atoms with E-state index in [0.29, 0.717) is 18.0 Å². The number of imidazole rings is 1. The van der Waals surface area contributed by atoms with Gasteiger partial charge >= 0.3 is 0 Å². The Morgan fingerprint density at radius 2 is 1.95 bits per heavy atom. The van der Waals surface area contributed by atoms with Gasteiger partial charge in [0, 0.05) is 11.8 Å². The maximum atomic E-state index is 11.5. The smallest absolute Gasteiger partial charge is 0.169 e. The summed E-state index contributed by atoms with van der Waals surface area (Å²) in [6.45, 7) is 4.77. The first kappa shape index (κ1) is 14.3. The van der Waals surface area contributed by atoms with Crippen molar-refractivity contribution in [2.75, 3.05) is 6.61 Å². The number of nitrogens with zero attached hydrogens (tertiary/aromatic N) is 2. The SMILES string of the molecule is CCCOc1ccc(-c2nc3ccc(C)cn3c2C=O)cc1. The van der Waals surface area contributed by atoms with Crippen molar-refractivity contribution < 1.29 is 9.53 Å². The number of aldehydes is 1. The van der Waals surface area contributed by atoms with Gasteiger partial charge in [-0.25, -0.2) is 4.98 Å². The molecule has 2 aromatic heterocycles. The zero-order valence-corrected chi connectivity index (χ0v) is 12.7. The molecule has 112 valence electrons. The fraction of sp³-hybridized carbons (Fsp3) is 0.222. The van der Waals surface area contributed by atoms with Crippen molar-refractivity contribution in [1.29, 1.82) is 0 Å². The van der Waals surface area contributed by atoms with E-state index >= 15 is 0 Å². The number of hydrogen-bond donors (Lipinski definition) is 0. The second-order valence-corrected chi connectivity index (χ2v) is 5.27. The Bertz CT molecular complexity index is 804. The number of benzene rings is 1. The van der Waals surface area contributed by atoms with Crippen molar-refractivity contribution in [3.05, 3.63) is 53.9 Å². The van der Waals surface area contributed by atoms with Crippen LogP contribution in [0, 0.1) is 6.92 Å². The zero-order valence-electron chi connectivity index (χ0n) is 12.7. The third-order valence-electron chi connectivity index (χ3n) is 3.52. The minimum absolute atomic E-state index is 0.570. The first-order chi connectivity index (χ1) is 10.7. The van der Waals surface area contributed by atoms with Crippen LogP contribution in [-0.2, 0) is 0 Å². The molecule has 1 aromatic carbocycles. The summed E-state index contributed by atoms with van der Waals surface area (Å²) < 4.78 is 7.41. The fourth-order valence-corrected chi connectivity index (χ4v) is 2.42. The molecule has 3 rings (SSSR count). The summed E-state index contributed by atoms with van der Waals surface area (Å²) >= 11 is 0. The first-order valence-electron chi connectivity index (χ1n) is 7.40. The number of hydrogen-bond acceptors (Lipinski definition) is 3. The van der Waals surface area contributed by atoms with Crippen molar-refractivity contribution in [1.82, 2.24) is 9.38 Å². The highest BCUT2D eigenvalue weighted by Gasteiger charge is 2.13. The molecule has 0 aliphatic carbocycles. The van der Waals surface area contributed by atoms with E-state index in [9.17, 15) is 4.79 Å². The molecule has 0 unspecified atom stereocenters. The summed E-state index contributed by atoms with van der Waals surface area (Å²) in [7, 11) is 0. The van der Waals surface area contributed by atoms with Crippen LogP contribution in [0.25, 0.3) is 16.9 Å². The Kier molecular flexibility index (Phi) is 3.92. The topological polar surface area (TPSA) is 43.6 Å². The molecule has 0 amide bonds. The monoisotopic (exact) mass is 294 g/mol. The van der Waals surface area contributed by atoms with Crippen molar-refractivity contribution >= 4 is 11.9 Å². The van der Waals surface area contributed by atoms with Gasteiger partial charge in [0.1, 0.15) is 22.8 Å². The Hall–Kier alpha value is -2.62. The number of carbonyl (C=O) groups is 1. The van der Waals surface area contributed by atoms with Gasteiger partial charge < -0.3 is 4.74 Å². The number of carbonyl (C=O) groups excluding carboxylic acids is 1. The normalized spacial score (nSPS) is 10.8. The molecule has 0 aliphatic rings.